The Morgan fingerprint density at radius 1 is 1.11 bits per heavy atom. The van der Waals surface area contributed by atoms with Crippen LogP contribution in [0.5, 0.6) is 0 Å². The molecule has 0 aliphatic heterocycles. The average molecular weight is 262 g/mol. The van der Waals surface area contributed by atoms with Gasteiger partial charge in [-0.25, -0.2) is 8.78 Å². The van der Waals surface area contributed by atoms with Crippen molar-refractivity contribution in [2.75, 3.05) is 17.7 Å². The summed E-state index contributed by atoms with van der Waals surface area (Å²) in [5.74, 6) is -1.29. The first-order chi connectivity index (χ1) is 8.99. The van der Waals surface area contributed by atoms with Gasteiger partial charge in [-0.15, -0.1) is 0 Å². The second kappa shape index (κ2) is 5.26. The minimum atomic E-state index is -0.645. The summed E-state index contributed by atoms with van der Waals surface area (Å²) in [6.07, 6.45) is 0. The number of nitrogen functional groups attached to an aromatic ring is 1. The summed E-state index contributed by atoms with van der Waals surface area (Å²) >= 11 is 0. The van der Waals surface area contributed by atoms with E-state index >= 15 is 0 Å². The lowest BCUT2D eigenvalue weighted by atomic mass is 10.1. The lowest BCUT2D eigenvalue weighted by Crippen LogP contribution is -2.20. The van der Waals surface area contributed by atoms with Crippen molar-refractivity contribution in [1.29, 1.82) is 0 Å². The van der Waals surface area contributed by atoms with Gasteiger partial charge in [0, 0.05) is 19.3 Å². The average Bonchev–Trinajstić information content (AvgIpc) is 2.30. The quantitative estimate of drug-likeness (QED) is 0.858. The molecule has 0 bridgehead atoms. The molecule has 0 atom stereocenters. The van der Waals surface area contributed by atoms with Crippen LogP contribution in [-0.4, -0.2) is 7.05 Å². The van der Waals surface area contributed by atoms with Crippen LogP contribution in [0.4, 0.5) is 20.2 Å². The first kappa shape index (κ1) is 13.3. The van der Waals surface area contributed by atoms with E-state index < -0.39 is 11.6 Å². The molecule has 0 aromatic heterocycles. The van der Waals surface area contributed by atoms with Crippen LogP contribution in [0.1, 0.15) is 11.1 Å². The molecule has 0 heterocycles. The second-order valence-electron chi connectivity index (χ2n) is 4.62. The molecule has 0 unspecified atom stereocenters. The largest absolute Gasteiger partial charge is 0.399 e. The van der Waals surface area contributed by atoms with Gasteiger partial charge < -0.3 is 10.6 Å². The van der Waals surface area contributed by atoms with E-state index in [9.17, 15) is 8.78 Å². The predicted octanol–water partition coefficient (Wildman–Crippen LogP) is 3.49. The van der Waals surface area contributed by atoms with Crippen LogP contribution >= 0.6 is 0 Å². The topological polar surface area (TPSA) is 29.3 Å². The number of aryl methyl sites for hydroxylation is 1. The molecule has 0 aliphatic carbocycles. The van der Waals surface area contributed by atoms with Gasteiger partial charge in [-0.3, -0.25) is 0 Å². The summed E-state index contributed by atoms with van der Waals surface area (Å²) in [5, 5.41) is 0. The van der Waals surface area contributed by atoms with Crippen LogP contribution in [0.15, 0.2) is 36.4 Å². The molecule has 2 rings (SSSR count). The smallest absolute Gasteiger partial charge is 0.151 e. The Morgan fingerprint density at radius 2 is 1.68 bits per heavy atom. The lowest BCUT2D eigenvalue weighted by molar-refractivity contribution is 0.577. The first-order valence-electron chi connectivity index (χ1n) is 5.99. The van der Waals surface area contributed by atoms with Crippen molar-refractivity contribution in [3.05, 3.63) is 59.2 Å². The Morgan fingerprint density at radius 3 is 2.26 bits per heavy atom. The first-order valence-corrected chi connectivity index (χ1v) is 5.99. The van der Waals surface area contributed by atoms with Gasteiger partial charge in [0.25, 0.3) is 0 Å². The molecule has 0 fully saturated rings. The van der Waals surface area contributed by atoms with Gasteiger partial charge in [0.05, 0.1) is 0 Å². The summed E-state index contributed by atoms with van der Waals surface area (Å²) < 4.78 is 27.6. The van der Waals surface area contributed by atoms with Crippen molar-refractivity contribution >= 4 is 11.4 Å². The molecule has 0 saturated carbocycles. The molecular formula is C15H16F2N2. The van der Waals surface area contributed by atoms with Crippen LogP contribution < -0.4 is 10.6 Å². The summed E-state index contributed by atoms with van der Waals surface area (Å²) in [6, 6.07) is 10.0. The summed E-state index contributed by atoms with van der Waals surface area (Å²) in [4.78, 5) is 1.55. The van der Waals surface area contributed by atoms with Gasteiger partial charge in [-0.1, -0.05) is 24.3 Å². The number of hydrogen-bond donors (Lipinski definition) is 1. The Hall–Kier alpha value is -2.10. The van der Waals surface area contributed by atoms with Crippen molar-refractivity contribution in [3.8, 4) is 0 Å². The summed E-state index contributed by atoms with van der Waals surface area (Å²) in [5.41, 5.74) is 7.55. The number of nitrogens with zero attached hydrogens (tertiary/aromatic N) is 1. The van der Waals surface area contributed by atoms with Gasteiger partial charge in [-0.2, -0.15) is 0 Å². The number of halogens is 2. The molecule has 0 amide bonds. The number of rotatable bonds is 3. The van der Waals surface area contributed by atoms with E-state index in [2.05, 4.69) is 0 Å². The van der Waals surface area contributed by atoms with E-state index in [0.717, 1.165) is 23.3 Å². The van der Waals surface area contributed by atoms with E-state index in [1.165, 1.54) is 0 Å². The van der Waals surface area contributed by atoms with Crippen LogP contribution in [0, 0.1) is 18.6 Å². The highest BCUT2D eigenvalue weighted by atomic mass is 19.1. The standard InChI is InChI=1S/C15H16F2N2/c1-10-5-3-4-6-11(10)9-19(2)15-13(16)7-12(18)8-14(15)17/h3-8H,9,18H2,1-2H3. The van der Waals surface area contributed by atoms with E-state index in [1.54, 1.807) is 11.9 Å². The highest BCUT2D eigenvalue weighted by Gasteiger charge is 2.15. The monoisotopic (exact) mass is 262 g/mol. The maximum atomic E-state index is 13.8. The normalized spacial score (nSPS) is 10.5. The summed E-state index contributed by atoms with van der Waals surface area (Å²) in [7, 11) is 1.66. The summed E-state index contributed by atoms with van der Waals surface area (Å²) in [6.45, 7) is 2.41. The Labute approximate surface area is 111 Å². The predicted molar refractivity (Wildman–Crippen MR) is 74.1 cm³/mol. The zero-order valence-electron chi connectivity index (χ0n) is 11.0. The third-order valence-corrected chi connectivity index (χ3v) is 3.09. The second-order valence-corrected chi connectivity index (χ2v) is 4.62. The fraction of sp³-hybridized carbons (Fsp3) is 0.200. The maximum Gasteiger partial charge on any atom is 0.151 e. The molecule has 2 aromatic rings. The molecule has 0 spiro atoms. The van der Waals surface area contributed by atoms with Crippen LogP contribution in [0.3, 0.4) is 0 Å². The van der Waals surface area contributed by atoms with Crippen LogP contribution in [-0.2, 0) is 6.54 Å². The Kier molecular flexibility index (Phi) is 3.69. The fourth-order valence-corrected chi connectivity index (χ4v) is 2.07. The van der Waals surface area contributed by atoms with E-state index in [-0.39, 0.29) is 11.4 Å². The molecule has 0 radical (unpaired) electrons. The van der Waals surface area contributed by atoms with Gasteiger partial charge in [0.2, 0.25) is 0 Å². The Bertz CT molecular complexity index is 573. The highest BCUT2D eigenvalue weighted by Crippen LogP contribution is 2.26. The number of hydrogen-bond acceptors (Lipinski definition) is 2. The zero-order chi connectivity index (χ0) is 14.0. The van der Waals surface area contributed by atoms with E-state index in [0.29, 0.717) is 6.54 Å². The van der Waals surface area contributed by atoms with Crippen molar-refractivity contribution < 1.29 is 8.78 Å². The molecule has 100 valence electrons. The number of benzene rings is 2. The third-order valence-electron chi connectivity index (χ3n) is 3.09. The lowest BCUT2D eigenvalue weighted by Gasteiger charge is -2.22. The minimum Gasteiger partial charge on any atom is -0.399 e. The molecule has 19 heavy (non-hydrogen) atoms. The van der Waals surface area contributed by atoms with Crippen LogP contribution in [0.25, 0.3) is 0 Å². The maximum absolute atomic E-state index is 13.8. The molecule has 4 heteroatoms. The third kappa shape index (κ3) is 2.84. The van der Waals surface area contributed by atoms with Crippen molar-refractivity contribution in [2.45, 2.75) is 13.5 Å². The molecule has 2 N–H and O–H groups in total. The van der Waals surface area contributed by atoms with Gasteiger partial charge in [-0.05, 0) is 30.2 Å². The van der Waals surface area contributed by atoms with Crippen LogP contribution in [0.2, 0.25) is 0 Å². The fourth-order valence-electron chi connectivity index (χ4n) is 2.07. The minimum absolute atomic E-state index is 0.0579. The van der Waals surface area contributed by atoms with E-state index in [1.807, 2.05) is 31.2 Å². The van der Waals surface area contributed by atoms with Crippen molar-refractivity contribution in [2.24, 2.45) is 0 Å². The van der Waals surface area contributed by atoms with Gasteiger partial charge in [0.1, 0.15) is 5.69 Å². The van der Waals surface area contributed by atoms with Gasteiger partial charge in [0.15, 0.2) is 11.6 Å². The molecule has 2 nitrogen and oxygen atoms in total. The van der Waals surface area contributed by atoms with Crippen molar-refractivity contribution in [1.82, 2.24) is 0 Å². The number of anilines is 2. The Balaban J connectivity index is 2.31. The zero-order valence-corrected chi connectivity index (χ0v) is 11.0. The van der Waals surface area contributed by atoms with Gasteiger partial charge >= 0.3 is 0 Å². The molecular weight excluding hydrogens is 246 g/mol. The molecule has 2 aromatic carbocycles. The highest BCUT2D eigenvalue weighted by molar-refractivity contribution is 5.55. The molecule has 0 aliphatic rings. The molecule has 0 saturated heterocycles. The SMILES string of the molecule is Cc1ccccc1CN(C)c1c(F)cc(N)cc1F. The van der Waals surface area contributed by atoms with Crippen molar-refractivity contribution in [3.63, 3.8) is 0 Å². The number of nitrogens with two attached hydrogens (primary N) is 1. The van der Waals surface area contributed by atoms with E-state index in [4.69, 9.17) is 5.73 Å².